The highest BCUT2D eigenvalue weighted by Crippen LogP contribution is 2.24. The topological polar surface area (TPSA) is 20.2 Å². The number of halogens is 2. The zero-order chi connectivity index (χ0) is 8.97. The molecule has 1 aromatic carbocycles. The van der Waals surface area contributed by atoms with Crippen molar-refractivity contribution in [3.8, 4) is 0 Å². The first-order valence-electron chi connectivity index (χ1n) is 3.46. The van der Waals surface area contributed by atoms with E-state index in [2.05, 4.69) is 31.9 Å². The first-order valence-corrected chi connectivity index (χ1v) is 5.05. The highest BCUT2D eigenvalue weighted by molar-refractivity contribution is 9.13. The Morgan fingerprint density at radius 3 is 2.58 bits per heavy atom. The lowest BCUT2D eigenvalue weighted by Gasteiger charge is -1.97. The molecule has 0 saturated heterocycles. The lowest BCUT2D eigenvalue weighted by molar-refractivity contribution is 0.343. The fraction of sp³-hybridized carbons (Fsp3) is 0.111. The van der Waals surface area contributed by atoms with Gasteiger partial charge in [-0.05, 0) is 49.6 Å². The second-order valence-electron chi connectivity index (χ2n) is 2.26. The monoisotopic (exact) mass is 290 g/mol. The average molecular weight is 292 g/mol. The predicted molar refractivity (Wildman–Crippen MR) is 58.0 cm³/mol. The number of rotatable bonds is 2. The van der Waals surface area contributed by atoms with Crippen LogP contribution < -0.4 is 0 Å². The third-order valence-electron chi connectivity index (χ3n) is 1.36. The van der Waals surface area contributed by atoms with Gasteiger partial charge >= 0.3 is 0 Å². The Hall–Kier alpha value is -0.120. The first-order chi connectivity index (χ1) is 5.74. The second-order valence-corrected chi connectivity index (χ2v) is 3.97. The summed E-state index contributed by atoms with van der Waals surface area (Å²) >= 11 is 6.77. The van der Waals surface area contributed by atoms with E-state index in [0.29, 0.717) is 0 Å². The highest BCUT2D eigenvalue weighted by atomic mass is 79.9. The molecule has 0 bridgehead atoms. The van der Waals surface area contributed by atoms with Crippen molar-refractivity contribution in [3.63, 3.8) is 0 Å². The van der Waals surface area contributed by atoms with E-state index in [1.165, 1.54) is 0 Å². The molecule has 0 aliphatic rings. The molecule has 0 heterocycles. The van der Waals surface area contributed by atoms with Crippen molar-refractivity contribution < 1.29 is 5.11 Å². The zero-order valence-electron chi connectivity index (χ0n) is 6.30. The van der Waals surface area contributed by atoms with E-state index in [4.69, 9.17) is 5.11 Å². The molecular weight excluding hydrogens is 284 g/mol. The first kappa shape index (κ1) is 9.96. The Kier molecular flexibility index (Phi) is 3.98. The van der Waals surface area contributed by atoms with E-state index < -0.39 is 0 Å². The normalized spacial score (nSPS) is 10.9. The standard InChI is InChI=1S/C9H8Br2O/c10-8-4-3-7(2-1-5-12)6-9(8)11/h1-4,6,12H,5H2/b2-1+. The van der Waals surface area contributed by atoms with Gasteiger partial charge in [-0.3, -0.25) is 0 Å². The minimum Gasteiger partial charge on any atom is -0.392 e. The van der Waals surface area contributed by atoms with Gasteiger partial charge in [-0.25, -0.2) is 0 Å². The van der Waals surface area contributed by atoms with Crippen molar-refractivity contribution in [2.45, 2.75) is 0 Å². The van der Waals surface area contributed by atoms with Gasteiger partial charge < -0.3 is 5.11 Å². The summed E-state index contributed by atoms with van der Waals surface area (Å²) in [5.74, 6) is 0. The highest BCUT2D eigenvalue weighted by Gasteiger charge is 1.94. The molecule has 0 aromatic heterocycles. The van der Waals surface area contributed by atoms with Crippen LogP contribution in [0, 0.1) is 0 Å². The summed E-state index contributed by atoms with van der Waals surface area (Å²) in [6, 6.07) is 5.92. The van der Waals surface area contributed by atoms with Crippen LogP contribution in [0.15, 0.2) is 33.2 Å². The summed E-state index contributed by atoms with van der Waals surface area (Å²) in [5.41, 5.74) is 1.07. The molecule has 3 heteroatoms. The van der Waals surface area contributed by atoms with E-state index >= 15 is 0 Å². The smallest absolute Gasteiger partial charge is 0.0615 e. The predicted octanol–water partition coefficient (Wildman–Crippen LogP) is 3.22. The molecule has 0 radical (unpaired) electrons. The number of hydrogen-bond acceptors (Lipinski definition) is 1. The summed E-state index contributed by atoms with van der Waals surface area (Å²) < 4.78 is 2.05. The van der Waals surface area contributed by atoms with Crippen LogP contribution in [-0.4, -0.2) is 11.7 Å². The largest absolute Gasteiger partial charge is 0.392 e. The molecule has 0 aliphatic heterocycles. The summed E-state index contributed by atoms with van der Waals surface area (Å²) in [6.45, 7) is 0.0771. The molecule has 0 saturated carbocycles. The van der Waals surface area contributed by atoms with E-state index in [9.17, 15) is 0 Å². The Labute approximate surface area is 88.4 Å². The zero-order valence-corrected chi connectivity index (χ0v) is 9.47. The van der Waals surface area contributed by atoms with Gasteiger partial charge in [-0.2, -0.15) is 0 Å². The number of benzene rings is 1. The molecule has 1 rings (SSSR count). The Bertz CT molecular complexity index is 295. The Balaban J connectivity index is 2.89. The van der Waals surface area contributed by atoms with E-state index in [1.54, 1.807) is 6.08 Å². The average Bonchev–Trinajstić information content (AvgIpc) is 2.07. The maximum absolute atomic E-state index is 8.54. The molecule has 1 aromatic rings. The van der Waals surface area contributed by atoms with Gasteiger partial charge in [-0.15, -0.1) is 0 Å². The summed E-state index contributed by atoms with van der Waals surface area (Å²) in [4.78, 5) is 0. The minimum absolute atomic E-state index is 0.0771. The van der Waals surface area contributed by atoms with Gasteiger partial charge in [0.25, 0.3) is 0 Å². The van der Waals surface area contributed by atoms with Gasteiger partial charge in [0.2, 0.25) is 0 Å². The van der Waals surface area contributed by atoms with Crippen molar-refractivity contribution in [2.24, 2.45) is 0 Å². The van der Waals surface area contributed by atoms with Gasteiger partial charge in [-0.1, -0.05) is 18.2 Å². The lowest BCUT2D eigenvalue weighted by Crippen LogP contribution is -1.76. The van der Waals surface area contributed by atoms with Crippen molar-refractivity contribution >= 4 is 37.9 Å². The molecule has 64 valence electrons. The maximum atomic E-state index is 8.54. The number of hydrogen-bond donors (Lipinski definition) is 1. The molecule has 0 aliphatic carbocycles. The number of aliphatic hydroxyl groups is 1. The quantitative estimate of drug-likeness (QED) is 0.887. The van der Waals surface area contributed by atoms with E-state index in [1.807, 2.05) is 24.3 Å². The lowest BCUT2D eigenvalue weighted by atomic mass is 10.2. The maximum Gasteiger partial charge on any atom is 0.0615 e. The van der Waals surface area contributed by atoms with E-state index in [-0.39, 0.29) is 6.61 Å². The molecule has 0 fully saturated rings. The molecule has 12 heavy (non-hydrogen) atoms. The SMILES string of the molecule is OC/C=C/c1ccc(Br)c(Br)c1. The van der Waals surface area contributed by atoms with Gasteiger partial charge in [0.05, 0.1) is 6.61 Å². The van der Waals surface area contributed by atoms with Crippen LogP contribution in [0.25, 0.3) is 6.08 Å². The van der Waals surface area contributed by atoms with Crippen molar-refractivity contribution in [3.05, 3.63) is 38.8 Å². The fourth-order valence-corrected chi connectivity index (χ4v) is 1.45. The van der Waals surface area contributed by atoms with Gasteiger partial charge in [0, 0.05) is 8.95 Å². The van der Waals surface area contributed by atoms with Crippen molar-refractivity contribution in [1.82, 2.24) is 0 Å². The fourth-order valence-electron chi connectivity index (χ4n) is 0.805. The third kappa shape index (κ3) is 2.73. The second kappa shape index (κ2) is 4.80. The van der Waals surface area contributed by atoms with Crippen LogP contribution in [0.2, 0.25) is 0 Å². The van der Waals surface area contributed by atoms with Crippen molar-refractivity contribution in [1.29, 1.82) is 0 Å². The van der Waals surface area contributed by atoms with Crippen molar-refractivity contribution in [2.75, 3.05) is 6.61 Å². The summed E-state index contributed by atoms with van der Waals surface area (Å²) in [5, 5.41) is 8.54. The molecule has 1 N–H and O–H groups in total. The van der Waals surface area contributed by atoms with Crippen LogP contribution in [0.5, 0.6) is 0 Å². The Morgan fingerprint density at radius 1 is 1.25 bits per heavy atom. The molecule has 0 unspecified atom stereocenters. The molecule has 0 atom stereocenters. The molecule has 0 spiro atoms. The molecule has 1 nitrogen and oxygen atoms in total. The van der Waals surface area contributed by atoms with Crippen LogP contribution in [0.3, 0.4) is 0 Å². The minimum atomic E-state index is 0.0771. The van der Waals surface area contributed by atoms with Gasteiger partial charge in [0.1, 0.15) is 0 Å². The van der Waals surface area contributed by atoms with Crippen LogP contribution >= 0.6 is 31.9 Å². The number of aliphatic hydroxyl groups excluding tert-OH is 1. The summed E-state index contributed by atoms with van der Waals surface area (Å²) in [6.07, 6.45) is 3.58. The van der Waals surface area contributed by atoms with E-state index in [0.717, 1.165) is 14.5 Å². The van der Waals surface area contributed by atoms with Crippen LogP contribution in [0.4, 0.5) is 0 Å². The van der Waals surface area contributed by atoms with Crippen LogP contribution in [0.1, 0.15) is 5.56 Å². The third-order valence-corrected chi connectivity index (χ3v) is 3.24. The molecule has 0 amide bonds. The van der Waals surface area contributed by atoms with Gasteiger partial charge in [0.15, 0.2) is 0 Å². The summed E-state index contributed by atoms with van der Waals surface area (Å²) in [7, 11) is 0. The Morgan fingerprint density at radius 2 is 2.00 bits per heavy atom. The molecular formula is C9H8Br2O. The van der Waals surface area contributed by atoms with Crippen LogP contribution in [-0.2, 0) is 0 Å².